The van der Waals surface area contributed by atoms with Crippen molar-refractivity contribution in [1.82, 2.24) is 14.9 Å². The third-order valence-corrected chi connectivity index (χ3v) is 2.12. The van der Waals surface area contributed by atoms with Crippen LogP contribution in [0, 0.1) is 0 Å². The first-order valence-corrected chi connectivity index (χ1v) is 4.16. The lowest BCUT2D eigenvalue weighted by Crippen LogP contribution is -2.29. The van der Waals surface area contributed by atoms with Gasteiger partial charge in [-0.25, -0.2) is 9.78 Å². The Kier molecular flexibility index (Phi) is 2.02. The van der Waals surface area contributed by atoms with Gasteiger partial charge in [-0.3, -0.25) is 0 Å². The Labute approximate surface area is 75.7 Å². The van der Waals surface area contributed by atoms with E-state index in [9.17, 15) is 4.79 Å². The van der Waals surface area contributed by atoms with Gasteiger partial charge >= 0.3 is 5.97 Å². The van der Waals surface area contributed by atoms with Gasteiger partial charge in [0.25, 0.3) is 0 Å². The number of hydrogen-bond donors (Lipinski definition) is 1. The van der Waals surface area contributed by atoms with Gasteiger partial charge in [0.2, 0.25) is 5.82 Å². The van der Waals surface area contributed by atoms with Crippen LogP contribution in [0.3, 0.4) is 0 Å². The lowest BCUT2D eigenvalue weighted by atomic mass is 10.3. The summed E-state index contributed by atoms with van der Waals surface area (Å²) in [6.45, 7) is 2.41. The molecule has 0 unspecified atom stereocenters. The maximum atomic E-state index is 11.2. The van der Waals surface area contributed by atoms with Gasteiger partial charge in [0, 0.05) is 19.6 Å². The van der Waals surface area contributed by atoms with Crippen molar-refractivity contribution < 1.29 is 9.53 Å². The molecule has 0 fully saturated rings. The number of aromatic nitrogens is 2. The summed E-state index contributed by atoms with van der Waals surface area (Å²) in [5.41, 5.74) is 1.03. The molecule has 0 saturated carbocycles. The topological polar surface area (TPSA) is 56.1 Å². The molecule has 1 aliphatic rings. The van der Waals surface area contributed by atoms with E-state index < -0.39 is 0 Å². The van der Waals surface area contributed by atoms with Crippen molar-refractivity contribution >= 4 is 5.97 Å². The summed E-state index contributed by atoms with van der Waals surface area (Å²) >= 11 is 0. The van der Waals surface area contributed by atoms with Gasteiger partial charge in [0.15, 0.2) is 0 Å². The summed E-state index contributed by atoms with van der Waals surface area (Å²) in [5, 5.41) is 3.20. The van der Waals surface area contributed by atoms with Crippen molar-refractivity contribution in [2.75, 3.05) is 13.7 Å². The molecule has 1 aromatic rings. The number of nitrogens with zero attached hydrogens (tertiary/aromatic N) is 2. The maximum absolute atomic E-state index is 11.2. The van der Waals surface area contributed by atoms with Crippen LogP contribution >= 0.6 is 0 Å². The van der Waals surface area contributed by atoms with Crippen LogP contribution in [-0.2, 0) is 17.8 Å². The Bertz CT molecular complexity index is 332. The Balaban J connectivity index is 2.36. The number of hydrogen-bond acceptors (Lipinski definition) is 4. The molecule has 0 aromatic carbocycles. The van der Waals surface area contributed by atoms with E-state index in [0.717, 1.165) is 25.3 Å². The number of esters is 1. The van der Waals surface area contributed by atoms with Gasteiger partial charge in [0.05, 0.1) is 19.0 Å². The summed E-state index contributed by atoms with van der Waals surface area (Å²) in [6, 6.07) is 0. The van der Waals surface area contributed by atoms with E-state index in [1.807, 2.05) is 4.57 Å². The molecule has 0 atom stereocenters. The lowest BCUT2D eigenvalue weighted by molar-refractivity contribution is 0.0580. The quantitative estimate of drug-likeness (QED) is 0.608. The van der Waals surface area contributed by atoms with Crippen molar-refractivity contribution in [3.8, 4) is 0 Å². The number of ether oxygens (including phenoxy) is 1. The average molecular weight is 181 g/mol. The molecule has 0 saturated heterocycles. The first-order chi connectivity index (χ1) is 6.33. The second-order valence-corrected chi connectivity index (χ2v) is 2.89. The van der Waals surface area contributed by atoms with Crippen LogP contribution in [0.5, 0.6) is 0 Å². The molecule has 0 amide bonds. The van der Waals surface area contributed by atoms with E-state index in [-0.39, 0.29) is 5.97 Å². The summed E-state index contributed by atoms with van der Waals surface area (Å²) in [7, 11) is 1.37. The molecule has 0 radical (unpaired) electrons. The average Bonchev–Trinajstić information content (AvgIpc) is 2.60. The van der Waals surface area contributed by atoms with Gasteiger partial charge in [0.1, 0.15) is 0 Å². The highest BCUT2D eigenvalue weighted by molar-refractivity contribution is 5.85. The minimum absolute atomic E-state index is 0.367. The molecule has 70 valence electrons. The SMILES string of the molecule is COC(=O)c1ncc2n1CCNC2. The number of nitrogens with one attached hydrogen (secondary N) is 1. The minimum Gasteiger partial charge on any atom is -0.463 e. The Morgan fingerprint density at radius 3 is 3.38 bits per heavy atom. The molecule has 0 aliphatic carbocycles. The van der Waals surface area contributed by atoms with E-state index in [2.05, 4.69) is 15.0 Å². The summed E-state index contributed by atoms with van der Waals surface area (Å²) in [6.07, 6.45) is 1.71. The summed E-state index contributed by atoms with van der Waals surface area (Å²) in [5.74, 6) is 0.0344. The second-order valence-electron chi connectivity index (χ2n) is 2.89. The van der Waals surface area contributed by atoms with Crippen LogP contribution in [0.1, 0.15) is 16.3 Å². The number of rotatable bonds is 1. The lowest BCUT2D eigenvalue weighted by Gasteiger charge is -2.16. The van der Waals surface area contributed by atoms with Crippen molar-refractivity contribution in [1.29, 1.82) is 0 Å². The fourth-order valence-electron chi connectivity index (χ4n) is 1.46. The van der Waals surface area contributed by atoms with E-state index in [4.69, 9.17) is 0 Å². The van der Waals surface area contributed by atoms with Crippen LogP contribution in [-0.4, -0.2) is 29.2 Å². The second kappa shape index (κ2) is 3.18. The fourth-order valence-corrected chi connectivity index (χ4v) is 1.46. The third-order valence-electron chi connectivity index (χ3n) is 2.12. The molecule has 0 bridgehead atoms. The number of methoxy groups -OCH3 is 1. The highest BCUT2D eigenvalue weighted by Gasteiger charge is 2.18. The zero-order chi connectivity index (χ0) is 9.26. The molecule has 13 heavy (non-hydrogen) atoms. The first kappa shape index (κ1) is 8.25. The summed E-state index contributed by atoms with van der Waals surface area (Å²) < 4.78 is 6.51. The van der Waals surface area contributed by atoms with Gasteiger partial charge in [-0.15, -0.1) is 0 Å². The molecular formula is C8H11N3O2. The van der Waals surface area contributed by atoms with E-state index in [1.54, 1.807) is 6.20 Å². The number of carbonyl (C=O) groups is 1. The van der Waals surface area contributed by atoms with E-state index in [1.165, 1.54) is 7.11 Å². The molecule has 0 spiro atoms. The highest BCUT2D eigenvalue weighted by atomic mass is 16.5. The standard InChI is InChI=1S/C8H11N3O2/c1-13-8(12)7-10-5-6-4-9-2-3-11(6)7/h5,9H,2-4H2,1H3. The van der Waals surface area contributed by atoms with Crippen molar-refractivity contribution in [2.24, 2.45) is 0 Å². The minimum atomic E-state index is -0.367. The van der Waals surface area contributed by atoms with E-state index in [0.29, 0.717) is 5.82 Å². The number of carbonyl (C=O) groups excluding carboxylic acids is 1. The zero-order valence-corrected chi connectivity index (χ0v) is 7.41. The van der Waals surface area contributed by atoms with Crippen LogP contribution in [0.2, 0.25) is 0 Å². The Hall–Kier alpha value is -1.36. The van der Waals surface area contributed by atoms with Gasteiger partial charge in [-0.05, 0) is 0 Å². The Morgan fingerprint density at radius 1 is 1.77 bits per heavy atom. The normalized spacial score (nSPS) is 15.2. The van der Waals surface area contributed by atoms with Crippen LogP contribution < -0.4 is 5.32 Å². The predicted octanol–water partition coefficient (Wildman–Crippen LogP) is -0.227. The Morgan fingerprint density at radius 2 is 2.62 bits per heavy atom. The molecule has 2 heterocycles. The summed E-state index contributed by atoms with van der Waals surface area (Å²) in [4.78, 5) is 15.2. The highest BCUT2D eigenvalue weighted by Crippen LogP contribution is 2.09. The fraction of sp³-hybridized carbons (Fsp3) is 0.500. The zero-order valence-electron chi connectivity index (χ0n) is 7.41. The van der Waals surface area contributed by atoms with Gasteiger partial charge in [-0.1, -0.05) is 0 Å². The number of fused-ring (bicyclic) bond motifs is 1. The van der Waals surface area contributed by atoms with Gasteiger partial charge in [-0.2, -0.15) is 0 Å². The van der Waals surface area contributed by atoms with Gasteiger partial charge < -0.3 is 14.6 Å². The monoisotopic (exact) mass is 181 g/mol. The molecule has 5 heteroatoms. The van der Waals surface area contributed by atoms with Crippen LogP contribution in [0.4, 0.5) is 0 Å². The predicted molar refractivity (Wildman–Crippen MR) is 45.3 cm³/mol. The molecule has 1 aliphatic heterocycles. The largest absolute Gasteiger partial charge is 0.463 e. The van der Waals surface area contributed by atoms with Crippen LogP contribution in [0.25, 0.3) is 0 Å². The third kappa shape index (κ3) is 1.31. The van der Waals surface area contributed by atoms with Crippen molar-refractivity contribution in [3.05, 3.63) is 17.7 Å². The van der Waals surface area contributed by atoms with Crippen molar-refractivity contribution in [2.45, 2.75) is 13.1 Å². The molecule has 1 N–H and O–H groups in total. The maximum Gasteiger partial charge on any atom is 0.374 e. The van der Waals surface area contributed by atoms with Crippen LogP contribution in [0.15, 0.2) is 6.20 Å². The molecule has 5 nitrogen and oxygen atoms in total. The molecule has 2 rings (SSSR count). The molecular weight excluding hydrogens is 170 g/mol. The smallest absolute Gasteiger partial charge is 0.374 e. The molecule has 1 aromatic heterocycles. The van der Waals surface area contributed by atoms with Crippen molar-refractivity contribution in [3.63, 3.8) is 0 Å². The first-order valence-electron chi connectivity index (χ1n) is 4.16. The number of imidazole rings is 1. The van der Waals surface area contributed by atoms with E-state index >= 15 is 0 Å².